The average molecular weight is 360 g/mol. The Morgan fingerprint density at radius 3 is 2.76 bits per heavy atom. The lowest BCUT2D eigenvalue weighted by Gasteiger charge is -2.33. The molecule has 0 bridgehead atoms. The number of piperidine rings is 1. The molecule has 1 aliphatic rings. The average Bonchev–Trinajstić information content (AvgIpc) is 2.96. The van der Waals surface area contributed by atoms with Crippen LogP contribution in [0.1, 0.15) is 34.5 Å². The van der Waals surface area contributed by atoms with E-state index < -0.39 is 17.9 Å². The standard InChI is InChI=1S/C18H20N2O4S/c1-11-12-6-2-3-8-14(12)25-16(11)18(23)24-10-15(21)20-9-5-4-7-13(20)17(19)22/h2-3,6,8,13H,4-5,7,9-10H2,1H3,(H2,19,22)/t13-/m0/s1. The lowest BCUT2D eigenvalue weighted by atomic mass is 10.0. The molecule has 1 aromatic carbocycles. The van der Waals surface area contributed by atoms with Crippen molar-refractivity contribution in [1.29, 1.82) is 0 Å². The molecule has 25 heavy (non-hydrogen) atoms. The lowest BCUT2D eigenvalue weighted by molar-refractivity contribution is -0.143. The number of nitrogens with two attached hydrogens (primary N) is 1. The van der Waals surface area contributed by atoms with Crippen molar-refractivity contribution >= 4 is 39.2 Å². The minimum atomic E-state index is -0.606. The summed E-state index contributed by atoms with van der Waals surface area (Å²) < 4.78 is 6.21. The van der Waals surface area contributed by atoms with Gasteiger partial charge in [-0.3, -0.25) is 9.59 Å². The van der Waals surface area contributed by atoms with Gasteiger partial charge < -0.3 is 15.4 Å². The number of benzene rings is 1. The number of esters is 1. The molecule has 1 fully saturated rings. The van der Waals surface area contributed by atoms with Gasteiger partial charge in [-0.2, -0.15) is 0 Å². The highest BCUT2D eigenvalue weighted by atomic mass is 32.1. The van der Waals surface area contributed by atoms with Gasteiger partial charge in [0, 0.05) is 11.2 Å². The monoisotopic (exact) mass is 360 g/mol. The van der Waals surface area contributed by atoms with Crippen LogP contribution in [0.15, 0.2) is 24.3 Å². The first-order valence-electron chi connectivity index (χ1n) is 8.23. The number of primary amides is 1. The number of nitrogens with zero attached hydrogens (tertiary/aromatic N) is 1. The van der Waals surface area contributed by atoms with E-state index in [2.05, 4.69) is 0 Å². The molecule has 0 radical (unpaired) electrons. The summed E-state index contributed by atoms with van der Waals surface area (Å²) in [6.07, 6.45) is 2.24. The van der Waals surface area contributed by atoms with E-state index in [1.165, 1.54) is 16.2 Å². The topological polar surface area (TPSA) is 89.7 Å². The molecule has 0 unspecified atom stereocenters. The molecule has 2 heterocycles. The number of likely N-dealkylation sites (tertiary alicyclic amines) is 1. The minimum absolute atomic E-state index is 0.379. The second-order valence-electron chi connectivity index (χ2n) is 6.13. The number of thiophene rings is 1. The smallest absolute Gasteiger partial charge is 0.349 e. The molecule has 0 saturated carbocycles. The summed E-state index contributed by atoms with van der Waals surface area (Å²) in [6, 6.07) is 7.12. The van der Waals surface area contributed by atoms with E-state index >= 15 is 0 Å². The van der Waals surface area contributed by atoms with Gasteiger partial charge in [0.15, 0.2) is 6.61 Å². The highest BCUT2D eigenvalue weighted by molar-refractivity contribution is 7.21. The van der Waals surface area contributed by atoms with E-state index in [0.29, 0.717) is 17.8 Å². The van der Waals surface area contributed by atoms with Gasteiger partial charge in [0.2, 0.25) is 5.91 Å². The zero-order valence-electron chi connectivity index (χ0n) is 14.0. The Labute approximate surface area is 149 Å². The van der Waals surface area contributed by atoms with E-state index in [0.717, 1.165) is 28.5 Å². The molecule has 1 aromatic heterocycles. The van der Waals surface area contributed by atoms with Crippen LogP contribution in [0.5, 0.6) is 0 Å². The molecule has 7 heteroatoms. The highest BCUT2D eigenvalue weighted by Gasteiger charge is 2.31. The number of hydrogen-bond donors (Lipinski definition) is 1. The van der Waals surface area contributed by atoms with Crippen molar-refractivity contribution in [3.05, 3.63) is 34.7 Å². The normalized spacial score (nSPS) is 17.5. The Balaban J connectivity index is 1.67. The van der Waals surface area contributed by atoms with Crippen LogP contribution in [0.25, 0.3) is 10.1 Å². The number of hydrogen-bond acceptors (Lipinski definition) is 5. The zero-order chi connectivity index (χ0) is 18.0. The molecule has 1 atom stereocenters. The van der Waals surface area contributed by atoms with E-state index in [1.54, 1.807) is 0 Å². The molecule has 2 amide bonds. The van der Waals surface area contributed by atoms with Crippen LogP contribution in [0.2, 0.25) is 0 Å². The first-order valence-corrected chi connectivity index (χ1v) is 9.04. The summed E-state index contributed by atoms with van der Waals surface area (Å²) in [4.78, 5) is 38.1. The fourth-order valence-corrected chi connectivity index (χ4v) is 4.27. The predicted molar refractivity (Wildman–Crippen MR) is 95.4 cm³/mol. The first-order chi connectivity index (χ1) is 12.0. The third-order valence-corrected chi connectivity index (χ3v) is 5.76. The third-order valence-electron chi connectivity index (χ3n) is 4.51. The fraction of sp³-hybridized carbons (Fsp3) is 0.389. The number of carbonyl (C=O) groups is 3. The van der Waals surface area contributed by atoms with Gasteiger partial charge in [-0.05, 0) is 43.2 Å². The summed E-state index contributed by atoms with van der Waals surface area (Å²) in [5.41, 5.74) is 6.22. The molecule has 1 aliphatic heterocycles. The first kappa shape index (κ1) is 17.4. The summed E-state index contributed by atoms with van der Waals surface area (Å²) in [6.45, 7) is 1.95. The molecular formula is C18H20N2O4S. The van der Waals surface area contributed by atoms with Crippen molar-refractivity contribution in [3.8, 4) is 0 Å². The highest BCUT2D eigenvalue weighted by Crippen LogP contribution is 2.31. The maximum absolute atomic E-state index is 12.4. The Morgan fingerprint density at radius 1 is 1.28 bits per heavy atom. The van der Waals surface area contributed by atoms with Crippen LogP contribution in [-0.2, 0) is 14.3 Å². The third kappa shape index (κ3) is 3.51. The Kier molecular flexibility index (Phi) is 5.03. The summed E-state index contributed by atoms with van der Waals surface area (Å²) >= 11 is 1.35. The van der Waals surface area contributed by atoms with Gasteiger partial charge in [0.25, 0.3) is 5.91 Å². The molecule has 1 saturated heterocycles. The van der Waals surface area contributed by atoms with Crippen molar-refractivity contribution in [1.82, 2.24) is 4.90 Å². The van der Waals surface area contributed by atoms with Gasteiger partial charge in [-0.15, -0.1) is 11.3 Å². The number of fused-ring (bicyclic) bond motifs is 1. The maximum atomic E-state index is 12.4. The SMILES string of the molecule is Cc1c(C(=O)OCC(=O)N2CCCC[C@H]2C(N)=O)sc2ccccc12. The van der Waals surface area contributed by atoms with E-state index in [9.17, 15) is 14.4 Å². The van der Waals surface area contributed by atoms with Gasteiger partial charge in [-0.25, -0.2) is 4.79 Å². The minimum Gasteiger partial charge on any atom is -0.451 e. The Hall–Kier alpha value is -2.41. The van der Waals surface area contributed by atoms with Crippen molar-refractivity contribution < 1.29 is 19.1 Å². The molecule has 0 aliphatic carbocycles. The number of ether oxygens (including phenoxy) is 1. The molecule has 3 rings (SSSR count). The molecule has 2 aromatic rings. The van der Waals surface area contributed by atoms with E-state index in [-0.39, 0.29) is 12.5 Å². The van der Waals surface area contributed by atoms with Crippen LogP contribution in [-0.4, -0.2) is 41.9 Å². The molecule has 132 valence electrons. The van der Waals surface area contributed by atoms with Gasteiger partial charge in [0.05, 0.1) is 0 Å². The molecule has 2 N–H and O–H groups in total. The second-order valence-corrected chi connectivity index (χ2v) is 7.18. The van der Waals surface area contributed by atoms with Gasteiger partial charge >= 0.3 is 5.97 Å². The fourth-order valence-electron chi connectivity index (χ4n) is 3.17. The largest absolute Gasteiger partial charge is 0.451 e. The lowest BCUT2D eigenvalue weighted by Crippen LogP contribution is -2.51. The second kappa shape index (κ2) is 7.23. The van der Waals surface area contributed by atoms with E-state index in [4.69, 9.17) is 10.5 Å². The summed E-state index contributed by atoms with van der Waals surface area (Å²) in [5.74, 6) is -1.41. The zero-order valence-corrected chi connectivity index (χ0v) is 14.8. The van der Waals surface area contributed by atoms with Crippen LogP contribution in [0.3, 0.4) is 0 Å². The molecule has 0 spiro atoms. The van der Waals surface area contributed by atoms with E-state index in [1.807, 2.05) is 31.2 Å². The molecule has 6 nitrogen and oxygen atoms in total. The number of rotatable bonds is 4. The summed E-state index contributed by atoms with van der Waals surface area (Å²) in [5, 5.41) is 1.01. The number of amides is 2. The number of carbonyl (C=O) groups excluding carboxylic acids is 3. The van der Waals surface area contributed by atoms with Gasteiger partial charge in [0.1, 0.15) is 10.9 Å². The maximum Gasteiger partial charge on any atom is 0.349 e. The molecular weight excluding hydrogens is 340 g/mol. The summed E-state index contributed by atoms with van der Waals surface area (Å²) in [7, 11) is 0. The quantitative estimate of drug-likeness (QED) is 0.847. The van der Waals surface area contributed by atoms with Crippen molar-refractivity contribution in [3.63, 3.8) is 0 Å². The predicted octanol–water partition coefficient (Wildman–Crippen LogP) is 2.23. The van der Waals surface area contributed by atoms with Crippen LogP contribution < -0.4 is 5.73 Å². The number of aryl methyl sites for hydroxylation is 1. The van der Waals surface area contributed by atoms with Crippen LogP contribution in [0.4, 0.5) is 0 Å². The van der Waals surface area contributed by atoms with Gasteiger partial charge in [-0.1, -0.05) is 18.2 Å². The van der Waals surface area contributed by atoms with Crippen molar-refractivity contribution in [2.75, 3.05) is 13.2 Å². The van der Waals surface area contributed by atoms with Crippen molar-refractivity contribution in [2.45, 2.75) is 32.2 Å². The van der Waals surface area contributed by atoms with Crippen LogP contribution in [0, 0.1) is 6.92 Å². The van der Waals surface area contributed by atoms with Crippen LogP contribution >= 0.6 is 11.3 Å². The Morgan fingerprint density at radius 2 is 2.04 bits per heavy atom. The van der Waals surface area contributed by atoms with Crippen molar-refractivity contribution in [2.24, 2.45) is 5.73 Å². The Bertz CT molecular complexity index is 830.